The van der Waals surface area contributed by atoms with Crippen LogP contribution < -0.4 is 9.47 Å². The van der Waals surface area contributed by atoms with Crippen LogP contribution in [0.15, 0.2) is 42.5 Å². The predicted molar refractivity (Wildman–Crippen MR) is 80.0 cm³/mol. The Kier molecular flexibility index (Phi) is 4.77. The molecule has 0 fully saturated rings. The van der Waals surface area contributed by atoms with Crippen LogP contribution in [0.1, 0.15) is 11.1 Å². The molecule has 0 radical (unpaired) electrons. The molecule has 0 heterocycles. The lowest BCUT2D eigenvalue weighted by atomic mass is 10.1. The van der Waals surface area contributed by atoms with Gasteiger partial charge in [0.05, 0.1) is 4.92 Å². The van der Waals surface area contributed by atoms with Crippen molar-refractivity contribution in [1.29, 1.82) is 0 Å². The fraction of sp³-hybridized carbons (Fsp3) is 0.250. The molecule has 0 atom stereocenters. The maximum atomic E-state index is 10.5. The molecule has 0 aliphatic carbocycles. The maximum absolute atomic E-state index is 10.5. The third-order valence-corrected chi connectivity index (χ3v) is 3.00. The first-order valence-electron chi connectivity index (χ1n) is 6.63. The molecule has 5 heteroatoms. The summed E-state index contributed by atoms with van der Waals surface area (Å²) in [6.07, 6.45) is 0. The molecule has 2 aromatic rings. The minimum absolute atomic E-state index is 0.0500. The van der Waals surface area contributed by atoms with Crippen LogP contribution in [0.2, 0.25) is 0 Å². The van der Waals surface area contributed by atoms with E-state index in [0.717, 1.165) is 16.9 Å². The van der Waals surface area contributed by atoms with E-state index in [2.05, 4.69) is 0 Å². The fourth-order valence-corrected chi connectivity index (χ4v) is 1.84. The summed E-state index contributed by atoms with van der Waals surface area (Å²) in [6, 6.07) is 12.0. The van der Waals surface area contributed by atoms with Gasteiger partial charge < -0.3 is 9.47 Å². The number of nitrogens with zero attached hydrogens (tertiary/aromatic N) is 1. The molecule has 0 saturated carbocycles. The molecule has 110 valence electrons. The highest BCUT2D eigenvalue weighted by molar-refractivity contribution is 5.36. The Balaban J connectivity index is 1.81. The van der Waals surface area contributed by atoms with Crippen molar-refractivity contribution < 1.29 is 14.4 Å². The molecule has 0 spiro atoms. The molecule has 0 saturated heterocycles. The van der Waals surface area contributed by atoms with Gasteiger partial charge in [0.1, 0.15) is 24.7 Å². The molecule has 0 unspecified atom stereocenters. The summed E-state index contributed by atoms with van der Waals surface area (Å²) >= 11 is 0. The first kappa shape index (κ1) is 14.8. The van der Waals surface area contributed by atoms with Gasteiger partial charge in [0, 0.05) is 12.1 Å². The number of ether oxygens (including phenoxy) is 2. The summed E-state index contributed by atoms with van der Waals surface area (Å²) in [5, 5.41) is 10.5. The number of aryl methyl sites for hydroxylation is 2. The van der Waals surface area contributed by atoms with E-state index in [1.54, 1.807) is 12.1 Å². The Bertz CT molecular complexity index is 623. The standard InChI is InChI=1S/C16H17NO4/c1-12-3-4-13(2)16(11-12)21-10-9-20-15-7-5-14(6-8-15)17(18)19/h3-8,11H,9-10H2,1-2H3. The van der Waals surface area contributed by atoms with E-state index in [1.807, 2.05) is 32.0 Å². The molecule has 2 rings (SSSR count). The summed E-state index contributed by atoms with van der Waals surface area (Å²) in [5.74, 6) is 1.44. The zero-order valence-electron chi connectivity index (χ0n) is 12.0. The van der Waals surface area contributed by atoms with Crippen LogP contribution in [0.3, 0.4) is 0 Å². The van der Waals surface area contributed by atoms with Crippen molar-refractivity contribution in [1.82, 2.24) is 0 Å². The van der Waals surface area contributed by atoms with E-state index in [0.29, 0.717) is 19.0 Å². The van der Waals surface area contributed by atoms with Crippen LogP contribution in [-0.4, -0.2) is 18.1 Å². The Morgan fingerprint density at radius 1 is 1.00 bits per heavy atom. The molecule has 2 aromatic carbocycles. The second-order valence-electron chi connectivity index (χ2n) is 4.72. The van der Waals surface area contributed by atoms with Gasteiger partial charge in [0.25, 0.3) is 5.69 Å². The van der Waals surface area contributed by atoms with Gasteiger partial charge in [-0.25, -0.2) is 0 Å². The van der Waals surface area contributed by atoms with Gasteiger partial charge in [-0.2, -0.15) is 0 Å². The Hall–Kier alpha value is -2.56. The second kappa shape index (κ2) is 6.74. The van der Waals surface area contributed by atoms with Crippen molar-refractivity contribution in [2.45, 2.75) is 13.8 Å². The number of rotatable bonds is 6. The van der Waals surface area contributed by atoms with Gasteiger partial charge in [-0.3, -0.25) is 10.1 Å². The fourth-order valence-electron chi connectivity index (χ4n) is 1.84. The highest BCUT2D eigenvalue weighted by Crippen LogP contribution is 2.20. The number of nitro groups is 1. The van der Waals surface area contributed by atoms with E-state index in [9.17, 15) is 10.1 Å². The van der Waals surface area contributed by atoms with Crippen molar-refractivity contribution in [3.8, 4) is 11.5 Å². The third-order valence-electron chi connectivity index (χ3n) is 3.00. The summed E-state index contributed by atoms with van der Waals surface area (Å²) in [6.45, 7) is 4.80. The highest BCUT2D eigenvalue weighted by atomic mass is 16.6. The van der Waals surface area contributed by atoms with Crippen LogP contribution in [0.25, 0.3) is 0 Å². The minimum Gasteiger partial charge on any atom is -0.490 e. The van der Waals surface area contributed by atoms with E-state index in [-0.39, 0.29) is 5.69 Å². The zero-order chi connectivity index (χ0) is 15.2. The number of hydrogen-bond donors (Lipinski definition) is 0. The molecule has 0 aromatic heterocycles. The third kappa shape index (κ3) is 4.21. The molecule has 0 aliphatic heterocycles. The number of hydrogen-bond acceptors (Lipinski definition) is 4. The molecule has 0 bridgehead atoms. The topological polar surface area (TPSA) is 61.6 Å². The normalized spacial score (nSPS) is 10.2. The predicted octanol–water partition coefficient (Wildman–Crippen LogP) is 3.67. The first-order chi connectivity index (χ1) is 10.1. The molecule has 0 aliphatic rings. The lowest BCUT2D eigenvalue weighted by Gasteiger charge is -2.11. The Labute approximate surface area is 123 Å². The molecule has 5 nitrogen and oxygen atoms in total. The molecular formula is C16H17NO4. The average Bonchev–Trinajstić information content (AvgIpc) is 2.47. The van der Waals surface area contributed by atoms with Gasteiger partial charge in [-0.05, 0) is 43.2 Å². The minimum atomic E-state index is -0.437. The van der Waals surface area contributed by atoms with Gasteiger partial charge in [-0.15, -0.1) is 0 Å². The van der Waals surface area contributed by atoms with Crippen LogP contribution in [-0.2, 0) is 0 Å². The monoisotopic (exact) mass is 287 g/mol. The van der Waals surface area contributed by atoms with Crippen molar-refractivity contribution in [3.63, 3.8) is 0 Å². The summed E-state index contributed by atoms with van der Waals surface area (Å²) in [4.78, 5) is 10.1. The highest BCUT2D eigenvalue weighted by Gasteiger charge is 2.04. The SMILES string of the molecule is Cc1ccc(C)c(OCCOc2ccc([N+](=O)[O-])cc2)c1. The average molecular weight is 287 g/mol. The van der Waals surface area contributed by atoms with E-state index in [1.165, 1.54) is 12.1 Å². The molecular weight excluding hydrogens is 270 g/mol. The summed E-state index contributed by atoms with van der Waals surface area (Å²) < 4.78 is 11.2. The smallest absolute Gasteiger partial charge is 0.269 e. The van der Waals surface area contributed by atoms with Crippen LogP contribution in [0.5, 0.6) is 11.5 Å². The lowest BCUT2D eigenvalue weighted by Crippen LogP contribution is -2.09. The summed E-state index contributed by atoms with van der Waals surface area (Å²) in [5.41, 5.74) is 2.27. The zero-order valence-corrected chi connectivity index (χ0v) is 12.0. The van der Waals surface area contributed by atoms with Crippen molar-refractivity contribution in [2.24, 2.45) is 0 Å². The van der Waals surface area contributed by atoms with Crippen LogP contribution in [0, 0.1) is 24.0 Å². The van der Waals surface area contributed by atoms with Gasteiger partial charge in [0.15, 0.2) is 0 Å². The van der Waals surface area contributed by atoms with Crippen molar-refractivity contribution >= 4 is 5.69 Å². The maximum Gasteiger partial charge on any atom is 0.269 e. The molecule has 0 N–H and O–H groups in total. The largest absolute Gasteiger partial charge is 0.490 e. The molecule has 0 amide bonds. The van der Waals surface area contributed by atoms with Crippen LogP contribution in [0.4, 0.5) is 5.69 Å². The number of non-ortho nitro benzene ring substituents is 1. The van der Waals surface area contributed by atoms with E-state index in [4.69, 9.17) is 9.47 Å². The Morgan fingerprint density at radius 2 is 1.67 bits per heavy atom. The van der Waals surface area contributed by atoms with Gasteiger partial charge in [-0.1, -0.05) is 12.1 Å². The lowest BCUT2D eigenvalue weighted by molar-refractivity contribution is -0.384. The van der Waals surface area contributed by atoms with Crippen molar-refractivity contribution in [3.05, 3.63) is 63.7 Å². The van der Waals surface area contributed by atoms with Gasteiger partial charge in [0.2, 0.25) is 0 Å². The van der Waals surface area contributed by atoms with Gasteiger partial charge >= 0.3 is 0 Å². The van der Waals surface area contributed by atoms with E-state index < -0.39 is 4.92 Å². The quantitative estimate of drug-likeness (QED) is 0.462. The van der Waals surface area contributed by atoms with E-state index >= 15 is 0 Å². The summed E-state index contributed by atoms with van der Waals surface area (Å²) in [7, 11) is 0. The number of benzene rings is 2. The molecule has 21 heavy (non-hydrogen) atoms. The Morgan fingerprint density at radius 3 is 2.33 bits per heavy atom. The van der Waals surface area contributed by atoms with Crippen LogP contribution >= 0.6 is 0 Å². The second-order valence-corrected chi connectivity index (χ2v) is 4.72. The first-order valence-corrected chi connectivity index (χ1v) is 6.63. The van der Waals surface area contributed by atoms with Crippen molar-refractivity contribution in [2.75, 3.05) is 13.2 Å². The number of nitro benzene ring substituents is 1.